The van der Waals surface area contributed by atoms with Gasteiger partial charge in [0.1, 0.15) is 12.3 Å². The molecule has 0 aromatic rings. The molecule has 1 heterocycles. The van der Waals surface area contributed by atoms with Crippen molar-refractivity contribution in [3.63, 3.8) is 0 Å². The maximum absolute atomic E-state index is 12.8. The lowest BCUT2D eigenvalue weighted by molar-refractivity contribution is -0.127. The van der Waals surface area contributed by atoms with Crippen LogP contribution in [0.15, 0.2) is 12.2 Å². The summed E-state index contributed by atoms with van der Waals surface area (Å²) in [6, 6.07) is -1.56. The number of nitrogens with one attached hydrogen (secondary N) is 3. The van der Waals surface area contributed by atoms with Gasteiger partial charge in [0.15, 0.2) is 0 Å². The van der Waals surface area contributed by atoms with Crippen molar-refractivity contribution in [1.82, 2.24) is 16.0 Å². The average molecular weight is 420 g/mol. The molecule has 30 heavy (non-hydrogen) atoms. The quantitative estimate of drug-likeness (QED) is 0.367. The van der Waals surface area contributed by atoms with Crippen molar-refractivity contribution in [3.05, 3.63) is 12.2 Å². The van der Waals surface area contributed by atoms with Crippen LogP contribution in [-0.2, 0) is 19.1 Å². The lowest BCUT2D eigenvalue weighted by Crippen LogP contribution is -2.51. The predicted octanol–water partition coefficient (Wildman–Crippen LogP) is 1.55. The van der Waals surface area contributed by atoms with Crippen LogP contribution >= 0.6 is 0 Å². The van der Waals surface area contributed by atoms with Crippen LogP contribution in [0.1, 0.15) is 46.0 Å². The van der Waals surface area contributed by atoms with E-state index in [0.29, 0.717) is 50.0 Å². The molecule has 8 heteroatoms. The molecule has 3 unspecified atom stereocenters. The van der Waals surface area contributed by atoms with E-state index >= 15 is 0 Å². The Morgan fingerprint density at radius 1 is 1.27 bits per heavy atom. The van der Waals surface area contributed by atoms with E-state index in [1.807, 2.05) is 13.8 Å². The molecule has 2 bridgehead atoms. The lowest BCUT2D eigenvalue weighted by atomic mass is 9.95. The number of ether oxygens (including phenoxy) is 1. The van der Waals surface area contributed by atoms with Crippen molar-refractivity contribution < 1.29 is 23.9 Å². The number of amides is 3. The normalized spacial score (nSPS) is 28.8. The number of fused-ring (bicyclic) bond motifs is 2. The smallest absolute Gasteiger partial charge is 0.407 e. The standard InChI is InChI=1S/C22H33N3O5/c1-13(2)7-19(21(28)24-18(11-26)10-16-5-6-23-20(16)27)25-22(29)30-12-17-9-14-3-4-15(17)8-14/h3-4,11,13-19H,5-10,12H2,1-2H3,(H,23,27)(H,24,28)(H,25,29)/t14?,15?,16-,17?,18+,19+/m1/s1. The Morgan fingerprint density at radius 3 is 2.63 bits per heavy atom. The van der Waals surface area contributed by atoms with E-state index in [1.54, 1.807) is 0 Å². The third-order valence-electron chi connectivity index (χ3n) is 6.35. The highest BCUT2D eigenvalue weighted by molar-refractivity contribution is 5.88. The number of alkyl carbamates (subject to hydrolysis) is 1. The maximum Gasteiger partial charge on any atom is 0.407 e. The molecule has 3 aliphatic rings. The number of allylic oxidation sites excluding steroid dienone is 2. The van der Waals surface area contributed by atoms with E-state index < -0.39 is 24.1 Å². The Hall–Kier alpha value is -2.38. The molecular formula is C22H33N3O5. The van der Waals surface area contributed by atoms with E-state index in [1.165, 1.54) is 0 Å². The molecule has 8 nitrogen and oxygen atoms in total. The largest absolute Gasteiger partial charge is 0.449 e. The minimum atomic E-state index is -0.794. The van der Waals surface area contributed by atoms with Crippen molar-refractivity contribution in [2.45, 2.75) is 58.0 Å². The van der Waals surface area contributed by atoms with Gasteiger partial charge in [-0.3, -0.25) is 9.59 Å². The summed E-state index contributed by atoms with van der Waals surface area (Å²) in [4.78, 5) is 48.3. The van der Waals surface area contributed by atoms with Gasteiger partial charge in [-0.15, -0.1) is 0 Å². The summed E-state index contributed by atoms with van der Waals surface area (Å²) in [6.45, 7) is 4.84. The summed E-state index contributed by atoms with van der Waals surface area (Å²) in [5.41, 5.74) is 0. The summed E-state index contributed by atoms with van der Waals surface area (Å²) in [5.74, 6) is 0.794. The van der Waals surface area contributed by atoms with Crippen molar-refractivity contribution in [2.75, 3.05) is 13.2 Å². The van der Waals surface area contributed by atoms with Crippen LogP contribution in [0.5, 0.6) is 0 Å². The van der Waals surface area contributed by atoms with Crippen LogP contribution < -0.4 is 16.0 Å². The molecule has 1 saturated heterocycles. The molecule has 0 aromatic carbocycles. The van der Waals surface area contributed by atoms with Gasteiger partial charge in [0.05, 0.1) is 12.6 Å². The fourth-order valence-corrected chi connectivity index (χ4v) is 4.76. The molecule has 0 aromatic heterocycles. The molecule has 3 N–H and O–H groups in total. The summed E-state index contributed by atoms with van der Waals surface area (Å²) in [7, 11) is 0. The van der Waals surface area contributed by atoms with Crippen LogP contribution in [0.4, 0.5) is 4.79 Å². The first-order valence-corrected chi connectivity index (χ1v) is 11.0. The van der Waals surface area contributed by atoms with Gasteiger partial charge in [0.2, 0.25) is 11.8 Å². The number of aldehydes is 1. The molecule has 2 fully saturated rings. The van der Waals surface area contributed by atoms with E-state index in [2.05, 4.69) is 28.1 Å². The second-order valence-corrected chi connectivity index (χ2v) is 9.23. The van der Waals surface area contributed by atoms with Crippen LogP contribution in [0.2, 0.25) is 0 Å². The van der Waals surface area contributed by atoms with E-state index in [-0.39, 0.29) is 24.2 Å². The van der Waals surface area contributed by atoms with Crippen LogP contribution in [0.3, 0.4) is 0 Å². The molecule has 3 rings (SSSR count). The van der Waals surface area contributed by atoms with Crippen LogP contribution in [0, 0.1) is 29.6 Å². The lowest BCUT2D eigenvalue weighted by Gasteiger charge is -2.23. The molecule has 6 atom stereocenters. The van der Waals surface area contributed by atoms with E-state index in [4.69, 9.17) is 4.74 Å². The fraction of sp³-hybridized carbons (Fsp3) is 0.727. The van der Waals surface area contributed by atoms with Gasteiger partial charge < -0.3 is 25.5 Å². The third-order valence-corrected chi connectivity index (χ3v) is 6.35. The van der Waals surface area contributed by atoms with Crippen molar-refractivity contribution in [3.8, 4) is 0 Å². The van der Waals surface area contributed by atoms with Crippen LogP contribution in [-0.4, -0.2) is 49.4 Å². The number of hydrogen-bond donors (Lipinski definition) is 3. The number of hydrogen-bond acceptors (Lipinski definition) is 5. The first kappa shape index (κ1) is 22.3. The summed E-state index contributed by atoms with van der Waals surface area (Å²) in [5, 5.41) is 8.07. The Morgan fingerprint density at radius 2 is 2.07 bits per heavy atom. The zero-order valence-electron chi connectivity index (χ0n) is 17.8. The summed E-state index contributed by atoms with van der Waals surface area (Å²) >= 11 is 0. The molecule has 1 saturated carbocycles. The predicted molar refractivity (Wildman–Crippen MR) is 110 cm³/mol. The first-order chi connectivity index (χ1) is 14.4. The molecule has 0 radical (unpaired) electrons. The Bertz CT molecular complexity index is 692. The van der Waals surface area contributed by atoms with Gasteiger partial charge in [-0.05, 0) is 49.9 Å². The minimum absolute atomic E-state index is 0.0907. The molecule has 166 valence electrons. The first-order valence-electron chi connectivity index (χ1n) is 11.0. The fourth-order valence-electron chi connectivity index (χ4n) is 4.76. The number of carbonyl (C=O) groups excluding carboxylic acids is 4. The summed E-state index contributed by atoms with van der Waals surface area (Å²) in [6.07, 6.45) is 8.00. The zero-order valence-corrected chi connectivity index (χ0v) is 17.8. The molecule has 3 amide bonds. The van der Waals surface area contributed by atoms with Gasteiger partial charge in [-0.2, -0.15) is 0 Å². The third kappa shape index (κ3) is 5.83. The number of carbonyl (C=O) groups is 4. The van der Waals surface area contributed by atoms with Crippen LogP contribution in [0.25, 0.3) is 0 Å². The number of rotatable bonds is 10. The molecule has 1 aliphatic heterocycles. The van der Waals surface area contributed by atoms with Gasteiger partial charge in [0, 0.05) is 18.4 Å². The highest BCUT2D eigenvalue weighted by Gasteiger charge is 2.36. The van der Waals surface area contributed by atoms with Gasteiger partial charge in [-0.1, -0.05) is 26.0 Å². The SMILES string of the molecule is CC(C)C[C@H](NC(=O)OCC1CC2C=CC1C2)C(=O)N[C@H](C=O)C[C@H]1CCNC1=O. The zero-order chi connectivity index (χ0) is 21.7. The highest BCUT2D eigenvalue weighted by atomic mass is 16.5. The minimum Gasteiger partial charge on any atom is -0.449 e. The molecule has 2 aliphatic carbocycles. The second kappa shape index (κ2) is 10.1. The second-order valence-electron chi connectivity index (χ2n) is 9.23. The Balaban J connectivity index is 1.49. The van der Waals surface area contributed by atoms with Crippen molar-refractivity contribution >= 4 is 24.2 Å². The highest BCUT2D eigenvalue weighted by Crippen LogP contribution is 2.43. The Kier molecular flexibility index (Phi) is 7.50. The maximum atomic E-state index is 12.8. The van der Waals surface area contributed by atoms with Gasteiger partial charge in [0.25, 0.3) is 0 Å². The van der Waals surface area contributed by atoms with Crippen molar-refractivity contribution in [2.24, 2.45) is 29.6 Å². The van der Waals surface area contributed by atoms with Crippen molar-refractivity contribution in [1.29, 1.82) is 0 Å². The Labute approximate surface area is 177 Å². The average Bonchev–Trinajstić information content (AvgIpc) is 3.42. The molecule has 0 spiro atoms. The topological polar surface area (TPSA) is 114 Å². The van der Waals surface area contributed by atoms with Gasteiger partial charge in [-0.25, -0.2) is 4.79 Å². The monoisotopic (exact) mass is 419 g/mol. The van der Waals surface area contributed by atoms with Gasteiger partial charge >= 0.3 is 6.09 Å². The summed E-state index contributed by atoms with van der Waals surface area (Å²) < 4.78 is 5.41. The van der Waals surface area contributed by atoms with E-state index in [0.717, 1.165) is 12.8 Å². The van der Waals surface area contributed by atoms with E-state index in [9.17, 15) is 19.2 Å². The molecular weight excluding hydrogens is 386 g/mol.